The van der Waals surface area contributed by atoms with E-state index in [-0.39, 0.29) is 30.1 Å². The van der Waals surface area contributed by atoms with Gasteiger partial charge in [-0.05, 0) is 18.2 Å². The Hall–Kier alpha value is -2.28. The van der Waals surface area contributed by atoms with Crippen LogP contribution in [0.2, 0.25) is 5.02 Å². The highest BCUT2D eigenvalue weighted by molar-refractivity contribution is 6.31. The molecule has 3 N–H and O–H groups in total. The predicted molar refractivity (Wildman–Crippen MR) is 78.7 cm³/mol. The molecule has 0 saturated carbocycles. The number of halogens is 1. The summed E-state index contributed by atoms with van der Waals surface area (Å²) >= 11 is 5.77. The summed E-state index contributed by atoms with van der Waals surface area (Å²) in [7, 11) is 3.24. The Labute approximate surface area is 126 Å². The smallest absolute Gasteiger partial charge is 0.337 e. The van der Waals surface area contributed by atoms with E-state index in [9.17, 15) is 14.4 Å². The molecule has 3 amide bonds. The molecular formula is C13H16ClN3O4. The van der Waals surface area contributed by atoms with E-state index in [0.717, 1.165) is 0 Å². The summed E-state index contributed by atoms with van der Waals surface area (Å²) in [5.74, 6) is -1.30. The lowest BCUT2D eigenvalue weighted by molar-refractivity contribution is -0.128. The van der Waals surface area contributed by atoms with Crippen LogP contribution >= 0.6 is 11.6 Å². The number of amides is 3. The molecule has 1 rings (SSSR count). The first kappa shape index (κ1) is 16.8. The summed E-state index contributed by atoms with van der Waals surface area (Å²) in [5.41, 5.74) is 0.0188. The highest BCUT2D eigenvalue weighted by atomic mass is 35.5. The second-order valence-corrected chi connectivity index (χ2v) is 4.85. The number of anilines is 1. The number of hydrogen-bond acceptors (Lipinski definition) is 3. The van der Waals surface area contributed by atoms with Crippen LogP contribution in [0.5, 0.6) is 0 Å². The number of benzene rings is 1. The molecule has 1 aromatic carbocycles. The molecule has 0 heterocycles. The van der Waals surface area contributed by atoms with E-state index in [1.165, 1.54) is 23.1 Å². The number of carbonyl (C=O) groups is 3. The zero-order valence-corrected chi connectivity index (χ0v) is 12.4. The number of carboxylic acid groups (broad SMARTS) is 1. The van der Waals surface area contributed by atoms with E-state index in [1.807, 2.05) is 0 Å². The number of urea groups is 1. The van der Waals surface area contributed by atoms with Crippen LogP contribution in [0.4, 0.5) is 10.5 Å². The van der Waals surface area contributed by atoms with Crippen molar-refractivity contribution in [2.45, 2.75) is 6.42 Å². The summed E-state index contributed by atoms with van der Waals surface area (Å²) in [6, 6.07) is 3.46. The number of hydrogen-bond donors (Lipinski definition) is 3. The average Bonchev–Trinajstić information content (AvgIpc) is 2.37. The van der Waals surface area contributed by atoms with Gasteiger partial charge in [-0.15, -0.1) is 0 Å². The Morgan fingerprint density at radius 3 is 2.52 bits per heavy atom. The quantitative estimate of drug-likeness (QED) is 0.769. The molecule has 8 heteroatoms. The van der Waals surface area contributed by atoms with E-state index < -0.39 is 12.0 Å². The van der Waals surface area contributed by atoms with Crippen LogP contribution in [0.3, 0.4) is 0 Å². The molecule has 0 unspecified atom stereocenters. The molecule has 0 bridgehead atoms. The van der Waals surface area contributed by atoms with Gasteiger partial charge in [0.2, 0.25) is 5.91 Å². The maximum absolute atomic E-state index is 11.7. The van der Waals surface area contributed by atoms with Crippen molar-refractivity contribution in [1.29, 1.82) is 0 Å². The van der Waals surface area contributed by atoms with Crippen molar-refractivity contribution in [3.63, 3.8) is 0 Å². The number of rotatable bonds is 5. The van der Waals surface area contributed by atoms with Crippen molar-refractivity contribution in [2.24, 2.45) is 0 Å². The Kier molecular flexibility index (Phi) is 5.98. The molecule has 0 fully saturated rings. The van der Waals surface area contributed by atoms with Crippen molar-refractivity contribution < 1.29 is 19.5 Å². The van der Waals surface area contributed by atoms with Gasteiger partial charge in [-0.3, -0.25) is 4.79 Å². The third kappa shape index (κ3) is 5.31. The normalized spacial score (nSPS) is 9.86. The van der Waals surface area contributed by atoms with Crippen LogP contribution in [0.1, 0.15) is 16.8 Å². The van der Waals surface area contributed by atoms with Crippen LogP contribution in [0.15, 0.2) is 18.2 Å². The summed E-state index contributed by atoms with van der Waals surface area (Å²) in [6.45, 7) is 0.145. The van der Waals surface area contributed by atoms with Crippen LogP contribution in [0.25, 0.3) is 0 Å². The maximum Gasteiger partial charge on any atom is 0.337 e. The zero-order chi connectivity index (χ0) is 16.0. The molecule has 0 aromatic heterocycles. The second kappa shape index (κ2) is 7.49. The molecule has 1 aromatic rings. The number of nitrogens with one attached hydrogen (secondary N) is 2. The van der Waals surface area contributed by atoms with Gasteiger partial charge in [0.05, 0.1) is 11.3 Å². The fraction of sp³-hybridized carbons (Fsp3) is 0.308. The van der Waals surface area contributed by atoms with Crippen molar-refractivity contribution in [2.75, 3.05) is 26.0 Å². The Morgan fingerprint density at radius 2 is 1.95 bits per heavy atom. The number of carboxylic acids is 1. The van der Waals surface area contributed by atoms with Gasteiger partial charge in [0.1, 0.15) is 0 Å². The number of nitrogens with zero attached hydrogens (tertiary/aromatic N) is 1. The first-order valence-electron chi connectivity index (χ1n) is 6.09. The zero-order valence-electron chi connectivity index (χ0n) is 11.6. The summed E-state index contributed by atoms with van der Waals surface area (Å²) in [4.78, 5) is 35.4. The third-order valence-electron chi connectivity index (χ3n) is 2.58. The Morgan fingerprint density at radius 1 is 1.29 bits per heavy atom. The van der Waals surface area contributed by atoms with Gasteiger partial charge < -0.3 is 20.6 Å². The van der Waals surface area contributed by atoms with Crippen molar-refractivity contribution in [1.82, 2.24) is 10.2 Å². The van der Waals surface area contributed by atoms with E-state index in [4.69, 9.17) is 16.7 Å². The number of carbonyl (C=O) groups excluding carboxylic acids is 2. The standard InChI is InChI=1S/C13H16ClN3O4/c1-17(2)11(18)5-6-15-13(21)16-10-7-8(14)3-4-9(10)12(19)20/h3-4,7H,5-6H2,1-2H3,(H,19,20)(H2,15,16,21). The first-order valence-corrected chi connectivity index (χ1v) is 6.47. The molecular weight excluding hydrogens is 298 g/mol. The molecule has 0 aliphatic carbocycles. The molecule has 0 aliphatic heterocycles. The predicted octanol–water partition coefficient (Wildman–Crippen LogP) is 1.64. The molecule has 21 heavy (non-hydrogen) atoms. The topological polar surface area (TPSA) is 98.7 Å². The first-order chi connectivity index (χ1) is 9.81. The monoisotopic (exact) mass is 313 g/mol. The van der Waals surface area contributed by atoms with Gasteiger partial charge >= 0.3 is 12.0 Å². The molecule has 0 saturated heterocycles. The van der Waals surface area contributed by atoms with Crippen LogP contribution in [0, 0.1) is 0 Å². The average molecular weight is 314 g/mol. The van der Waals surface area contributed by atoms with Crippen LogP contribution in [-0.4, -0.2) is 48.6 Å². The maximum atomic E-state index is 11.7. The lowest BCUT2D eigenvalue weighted by Crippen LogP contribution is -2.33. The summed E-state index contributed by atoms with van der Waals surface area (Å²) < 4.78 is 0. The third-order valence-corrected chi connectivity index (χ3v) is 2.82. The largest absolute Gasteiger partial charge is 0.478 e. The minimum absolute atomic E-state index is 0.0704. The highest BCUT2D eigenvalue weighted by Crippen LogP contribution is 2.21. The van der Waals surface area contributed by atoms with Crippen molar-refractivity contribution in [3.05, 3.63) is 28.8 Å². The fourth-order valence-electron chi connectivity index (χ4n) is 1.48. The minimum atomic E-state index is -1.18. The Balaban J connectivity index is 2.61. The molecule has 0 spiro atoms. The van der Waals surface area contributed by atoms with E-state index in [1.54, 1.807) is 14.1 Å². The van der Waals surface area contributed by atoms with Crippen molar-refractivity contribution >= 4 is 35.2 Å². The molecule has 114 valence electrons. The lowest BCUT2D eigenvalue weighted by Gasteiger charge is -2.12. The Bertz CT molecular complexity index is 560. The van der Waals surface area contributed by atoms with Gasteiger partial charge in [-0.2, -0.15) is 0 Å². The van der Waals surface area contributed by atoms with Crippen molar-refractivity contribution in [3.8, 4) is 0 Å². The SMILES string of the molecule is CN(C)C(=O)CCNC(=O)Nc1cc(Cl)ccc1C(=O)O. The second-order valence-electron chi connectivity index (χ2n) is 4.41. The van der Waals surface area contributed by atoms with E-state index in [0.29, 0.717) is 5.02 Å². The fourth-order valence-corrected chi connectivity index (χ4v) is 1.65. The van der Waals surface area contributed by atoms with Gasteiger partial charge in [-0.1, -0.05) is 11.6 Å². The number of aromatic carboxylic acids is 1. The van der Waals surface area contributed by atoms with E-state index >= 15 is 0 Å². The van der Waals surface area contributed by atoms with Crippen LogP contribution in [-0.2, 0) is 4.79 Å². The van der Waals surface area contributed by atoms with Crippen LogP contribution < -0.4 is 10.6 Å². The van der Waals surface area contributed by atoms with Gasteiger partial charge in [-0.25, -0.2) is 9.59 Å². The van der Waals surface area contributed by atoms with Gasteiger partial charge in [0, 0.05) is 32.1 Å². The molecule has 0 atom stereocenters. The van der Waals surface area contributed by atoms with E-state index in [2.05, 4.69) is 10.6 Å². The van der Waals surface area contributed by atoms with Gasteiger partial charge in [0.25, 0.3) is 0 Å². The highest BCUT2D eigenvalue weighted by Gasteiger charge is 2.13. The van der Waals surface area contributed by atoms with Gasteiger partial charge in [0.15, 0.2) is 0 Å². The summed E-state index contributed by atoms with van der Waals surface area (Å²) in [6.07, 6.45) is 0.155. The molecule has 0 aliphatic rings. The minimum Gasteiger partial charge on any atom is -0.478 e. The molecule has 0 radical (unpaired) electrons. The molecule has 7 nitrogen and oxygen atoms in total. The summed E-state index contributed by atoms with van der Waals surface area (Å²) in [5, 5.41) is 14.2. The lowest BCUT2D eigenvalue weighted by atomic mass is 10.2.